The van der Waals surface area contributed by atoms with Crippen LogP contribution in [0.1, 0.15) is 36.7 Å². The second-order valence-corrected chi connectivity index (χ2v) is 3.11. The van der Waals surface area contributed by atoms with Crippen molar-refractivity contribution >= 4 is 11.4 Å². The monoisotopic (exact) mass is 174 g/mol. The molecule has 0 aliphatic rings. The quantitative estimate of drug-likeness (QED) is 0.628. The third-order valence-electron chi connectivity index (χ3n) is 2.16. The fourth-order valence-electron chi connectivity index (χ4n) is 1.15. The Morgan fingerprint density at radius 2 is 1.85 bits per heavy atom. The van der Waals surface area contributed by atoms with E-state index < -0.39 is 0 Å². The first-order chi connectivity index (χ1) is 6.15. The molecule has 1 nitrogen and oxygen atoms in total. The molecule has 0 fully saturated rings. The average molecular weight is 174 g/mol. The molecule has 13 heavy (non-hydrogen) atoms. The van der Waals surface area contributed by atoms with Crippen molar-refractivity contribution in [2.75, 3.05) is 0 Å². The van der Waals surface area contributed by atoms with E-state index in [1.807, 2.05) is 44.2 Å². The van der Waals surface area contributed by atoms with Gasteiger partial charge in [0.25, 0.3) is 0 Å². The maximum Gasteiger partial charge on any atom is 0.159 e. The van der Waals surface area contributed by atoms with Crippen LogP contribution in [0, 0.1) is 0 Å². The van der Waals surface area contributed by atoms with E-state index >= 15 is 0 Å². The molecule has 0 radical (unpaired) electrons. The minimum absolute atomic E-state index is 0.116. The Bertz CT molecular complexity index is 348. The predicted molar refractivity (Wildman–Crippen MR) is 55.8 cm³/mol. The molecule has 0 amide bonds. The van der Waals surface area contributed by atoms with Crippen LogP contribution in [-0.2, 0) is 0 Å². The number of carbonyl (C=O) groups excluding carboxylic acids is 1. The molecule has 0 bridgehead atoms. The molecule has 0 atom stereocenters. The number of hydrogen-bond acceptors (Lipinski definition) is 1. The summed E-state index contributed by atoms with van der Waals surface area (Å²) in [5, 5.41) is 0. The molecular weight excluding hydrogens is 160 g/mol. The lowest BCUT2D eigenvalue weighted by Crippen LogP contribution is -1.92. The van der Waals surface area contributed by atoms with Crippen LogP contribution in [0.25, 0.3) is 5.57 Å². The molecule has 0 heterocycles. The van der Waals surface area contributed by atoms with E-state index in [0.717, 1.165) is 11.1 Å². The Kier molecular flexibility index (Phi) is 3.02. The van der Waals surface area contributed by atoms with Crippen molar-refractivity contribution in [1.82, 2.24) is 0 Å². The number of ketones is 1. The highest BCUT2D eigenvalue weighted by Gasteiger charge is 2.00. The van der Waals surface area contributed by atoms with Crippen molar-refractivity contribution in [3.63, 3.8) is 0 Å². The van der Waals surface area contributed by atoms with Crippen molar-refractivity contribution in [3.8, 4) is 0 Å². The van der Waals surface area contributed by atoms with E-state index in [9.17, 15) is 4.79 Å². The van der Waals surface area contributed by atoms with Crippen LogP contribution in [0.4, 0.5) is 0 Å². The number of rotatable bonds is 2. The average Bonchev–Trinajstić information content (AvgIpc) is 2.17. The smallest absolute Gasteiger partial charge is 0.159 e. The second-order valence-electron chi connectivity index (χ2n) is 3.11. The topological polar surface area (TPSA) is 17.1 Å². The summed E-state index contributed by atoms with van der Waals surface area (Å²) in [6.45, 7) is 5.62. The third kappa shape index (κ3) is 2.28. The molecule has 0 saturated carbocycles. The molecule has 1 aromatic rings. The Labute approximate surface area is 79.1 Å². The fourth-order valence-corrected chi connectivity index (χ4v) is 1.15. The molecule has 0 aromatic heterocycles. The first kappa shape index (κ1) is 9.72. The first-order valence-electron chi connectivity index (χ1n) is 4.39. The molecule has 0 N–H and O–H groups in total. The van der Waals surface area contributed by atoms with Gasteiger partial charge in [0, 0.05) is 5.56 Å². The molecule has 0 aliphatic heterocycles. The van der Waals surface area contributed by atoms with Gasteiger partial charge in [-0.1, -0.05) is 24.3 Å². The maximum absolute atomic E-state index is 11.1. The van der Waals surface area contributed by atoms with Gasteiger partial charge in [-0.25, -0.2) is 0 Å². The predicted octanol–water partition coefficient (Wildman–Crippen LogP) is 3.31. The molecule has 0 saturated heterocycles. The standard InChI is InChI=1S/C12H14O/c1-4-9(2)11-6-5-7-12(8-11)10(3)13/h4-8H,1-3H3/b9-4+. The first-order valence-corrected chi connectivity index (χ1v) is 4.39. The van der Waals surface area contributed by atoms with Gasteiger partial charge >= 0.3 is 0 Å². The van der Waals surface area contributed by atoms with Crippen LogP contribution in [-0.4, -0.2) is 5.78 Å². The Hall–Kier alpha value is -1.37. The Morgan fingerprint density at radius 1 is 1.23 bits per heavy atom. The summed E-state index contributed by atoms with van der Waals surface area (Å²) >= 11 is 0. The zero-order chi connectivity index (χ0) is 9.84. The van der Waals surface area contributed by atoms with E-state index in [1.54, 1.807) is 6.92 Å². The molecule has 0 unspecified atom stereocenters. The summed E-state index contributed by atoms with van der Waals surface area (Å²) in [6.07, 6.45) is 2.04. The molecule has 68 valence electrons. The van der Waals surface area contributed by atoms with Gasteiger partial charge in [0.2, 0.25) is 0 Å². The summed E-state index contributed by atoms with van der Waals surface area (Å²) < 4.78 is 0. The van der Waals surface area contributed by atoms with E-state index in [0.29, 0.717) is 0 Å². The fraction of sp³-hybridized carbons (Fsp3) is 0.250. The molecule has 0 aliphatic carbocycles. The third-order valence-corrected chi connectivity index (χ3v) is 2.16. The van der Waals surface area contributed by atoms with Crippen molar-refractivity contribution in [1.29, 1.82) is 0 Å². The van der Waals surface area contributed by atoms with Crippen molar-refractivity contribution in [2.24, 2.45) is 0 Å². The minimum atomic E-state index is 0.116. The van der Waals surface area contributed by atoms with Gasteiger partial charge < -0.3 is 0 Å². The SMILES string of the molecule is C/C=C(\C)c1cccc(C(C)=O)c1. The lowest BCUT2D eigenvalue weighted by atomic mass is 10.0. The molecule has 1 rings (SSSR count). The zero-order valence-electron chi connectivity index (χ0n) is 8.29. The summed E-state index contributed by atoms with van der Waals surface area (Å²) in [6, 6.07) is 7.70. The van der Waals surface area contributed by atoms with Crippen LogP contribution in [0.5, 0.6) is 0 Å². The van der Waals surface area contributed by atoms with E-state index in [4.69, 9.17) is 0 Å². The Balaban J connectivity index is 3.13. The van der Waals surface area contributed by atoms with Gasteiger partial charge in [0.05, 0.1) is 0 Å². The van der Waals surface area contributed by atoms with Crippen LogP contribution >= 0.6 is 0 Å². The summed E-state index contributed by atoms with van der Waals surface area (Å²) in [7, 11) is 0. The molecule has 0 spiro atoms. The molecule has 1 aromatic carbocycles. The summed E-state index contributed by atoms with van der Waals surface area (Å²) in [5.41, 5.74) is 3.09. The van der Waals surface area contributed by atoms with Gasteiger partial charge in [-0.2, -0.15) is 0 Å². The van der Waals surface area contributed by atoms with Gasteiger partial charge in [-0.15, -0.1) is 0 Å². The molecular formula is C12H14O. The summed E-state index contributed by atoms with van der Waals surface area (Å²) in [5.74, 6) is 0.116. The number of benzene rings is 1. The van der Waals surface area contributed by atoms with Crippen LogP contribution < -0.4 is 0 Å². The van der Waals surface area contributed by atoms with Crippen LogP contribution in [0.15, 0.2) is 30.3 Å². The number of hydrogen-bond donors (Lipinski definition) is 0. The van der Waals surface area contributed by atoms with E-state index in [-0.39, 0.29) is 5.78 Å². The normalized spacial score (nSPS) is 11.5. The second kappa shape index (κ2) is 4.04. The number of Topliss-reactive ketones (excluding diaryl/α,β-unsaturated/α-hetero) is 1. The number of allylic oxidation sites excluding steroid dienone is 2. The van der Waals surface area contributed by atoms with Crippen LogP contribution in [0.2, 0.25) is 0 Å². The van der Waals surface area contributed by atoms with Crippen molar-refractivity contribution in [3.05, 3.63) is 41.5 Å². The zero-order valence-corrected chi connectivity index (χ0v) is 8.29. The van der Waals surface area contributed by atoms with Gasteiger partial charge in [-0.05, 0) is 38.0 Å². The van der Waals surface area contributed by atoms with E-state index in [1.165, 1.54) is 5.57 Å². The van der Waals surface area contributed by atoms with Gasteiger partial charge in [-0.3, -0.25) is 4.79 Å². The largest absolute Gasteiger partial charge is 0.295 e. The Morgan fingerprint density at radius 3 is 2.38 bits per heavy atom. The van der Waals surface area contributed by atoms with Gasteiger partial charge in [0.1, 0.15) is 0 Å². The number of carbonyl (C=O) groups is 1. The lowest BCUT2D eigenvalue weighted by Gasteiger charge is -2.02. The van der Waals surface area contributed by atoms with Crippen molar-refractivity contribution < 1.29 is 4.79 Å². The van der Waals surface area contributed by atoms with Gasteiger partial charge in [0.15, 0.2) is 5.78 Å². The maximum atomic E-state index is 11.1. The highest BCUT2D eigenvalue weighted by Crippen LogP contribution is 2.15. The lowest BCUT2D eigenvalue weighted by molar-refractivity contribution is 0.101. The highest BCUT2D eigenvalue weighted by molar-refractivity contribution is 5.94. The summed E-state index contributed by atoms with van der Waals surface area (Å²) in [4.78, 5) is 11.1. The minimum Gasteiger partial charge on any atom is -0.295 e. The molecule has 1 heteroatoms. The van der Waals surface area contributed by atoms with Crippen molar-refractivity contribution in [2.45, 2.75) is 20.8 Å². The van der Waals surface area contributed by atoms with Crippen LogP contribution in [0.3, 0.4) is 0 Å². The van der Waals surface area contributed by atoms with E-state index in [2.05, 4.69) is 0 Å². The highest BCUT2D eigenvalue weighted by atomic mass is 16.1.